The van der Waals surface area contributed by atoms with E-state index in [0.717, 1.165) is 25.7 Å². The second-order valence-electron chi connectivity index (χ2n) is 5.23. The van der Waals surface area contributed by atoms with Crippen LogP contribution >= 0.6 is 11.6 Å². The van der Waals surface area contributed by atoms with Crippen molar-refractivity contribution in [2.45, 2.75) is 31.7 Å². The highest BCUT2D eigenvalue weighted by molar-refractivity contribution is 6.34. The SMILES string of the molecule is NC1CCCCC1C(=O)Nc1cc2c(cc1Cl)OCO2. The van der Waals surface area contributed by atoms with Gasteiger partial charge in [0.1, 0.15) is 0 Å². The number of hydrogen-bond acceptors (Lipinski definition) is 4. The number of nitrogens with one attached hydrogen (secondary N) is 1. The molecule has 20 heavy (non-hydrogen) atoms. The lowest BCUT2D eigenvalue weighted by Gasteiger charge is -2.27. The lowest BCUT2D eigenvalue weighted by molar-refractivity contribution is -0.121. The Bertz CT molecular complexity index is 535. The number of benzene rings is 1. The monoisotopic (exact) mass is 296 g/mol. The van der Waals surface area contributed by atoms with Crippen LogP contribution in [0.25, 0.3) is 0 Å². The number of halogens is 1. The number of nitrogens with two attached hydrogens (primary N) is 1. The van der Waals surface area contributed by atoms with Crippen LogP contribution in [0, 0.1) is 5.92 Å². The average molecular weight is 297 g/mol. The highest BCUT2D eigenvalue weighted by Gasteiger charge is 2.29. The van der Waals surface area contributed by atoms with Gasteiger partial charge in [0.05, 0.1) is 16.6 Å². The summed E-state index contributed by atoms with van der Waals surface area (Å²) in [7, 11) is 0. The summed E-state index contributed by atoms with van der Waals surface area (Å²) in [6, 6.07) is 3.27. The second-order valence-corrected chi connectivity index (χ2v) is 5.64. The molecule has 2 aliphatic rings. The molecule has 108 valence electrons. The van der Waals surface area contributed by atoms with Gasteiger partial charge in [-0.2, -0.15) is 0 Å². The summed E-state index contributed by atoms with van der Waals surface area (Å²) in [4.78, 5) is 12.3. The van der Waals surface area contributed by atoms with Gasteiger partial charge in [-0.05, 0) is 12.8 Å². The molecule has 1 aromatic carbocycles. The van der Waals surface area contributed by atoms with Crippen molar-refractivity contribution in [2.24, 2.45) is 11.7 Å². The van der Waals surface area contributed by atoms with Crippen molar-refractivity contribution >= 4 is 23.2 Å². The Labute approximate surface area is 122 Å². The molecular weight excluding hydrogens is 280 g/mol. The van der Waals surface area contributed by atoms with E-state index in [1.54, 1.807) is 12.1 Å². The molecule has 0 bridgehead atoms. The van der Waals surface area contributed by atoms with Crippen molar-refractivity contribution in [1.82, 2.24) is 0 Å². The lowest BCUT2D eigenvalue weighted by Crippen LogP contribution is -2.40. The molecule has 1 saturated carbocycles. The first-order chi connectivity index (χ1) is 9.65. The van der Waals surface area contributed by atoms with Gasteiger partial charge >= 0.3 is 0 Å². The van der Waals surface area contributed by atoms with Crippen LogP contribution in [0.4, 0.5) is 5.69 Å². The fourth-order valence-corrected chi connectivity index (χ4v) is 2.92. The van der Waals surface area contributed by atoms with Gasteiger partial charge in [-0.3, -0.25) is 4.79 Å². The van der Waals surface area contributed by atoms with E-state index in [9.17, 15) is 4.79 Å². The number of carbonyl (C=O) groups is 1. The van der Waals surface area contributed by atoms with E-state index in [1.807, 2.05) is 0 Å². The van der Waals surface area contributed by atoms with E-state index in [0.29, 0.717) is 22.2 Å². The molecule has 1 heterocycles. The Kier molecular flexibility index (Phi) is 3.72. The molecule has 3 N–H and O–H groups in total. The summed E-state index contributed by atoms with van der Waals surface area (Å²) in [5, 5.41) is 3.29. The zero-order valence-corrected chi connectivity index (χ0v) is 11.8. The molecule has 1 fully saturated rings. The smallest absolute Gasteiger partial charge is 0.231 e. The Morgan fingerprint density at radius 3 is 2.70 bits per heavy atom. The fraction of sp³-hybridized carbons (Fsp3) is 0.500. The molecule has 5 nitrogen and oxygen atoms in total. The van der Waals surface area contributed by atoms with E-state index in [1.165, 1.54) is 0 Å². The van der Waals surface area contributed by atoms with Gasteiger partial charge in [0, 0.05) is 18.2 Å². The van der Waals surface area contributed by atoms with Crippen LogP contribution in [-0.4, -0.2) is 18.7 Å². The molecule has 0 spiro atoms. The van der Waals surface area contributed by atoms with Crippen LogP contribution in [0.2, 0.25) is 5.02 Å². The highest BCUT2D eigenvalue weighted by Crippen LogP contribution is 2.39. The lowest BCUT2D eigenvalue weighted by atomic mass is 9.84. The number of anilines is 1. The Morgan fingerprint density at radius 1 is 1.25 bits per heavy atom. The van der Waals surface area contributed by atoms with Gasteiger partial charge in [-0.1, -0.05) is 24.4 Å². The summed E-state index contributed by atoms with van der Waals surface area (Å²) in [5.41, 5.74) is 6.56. The molecule has 2 atom stereocenters. The fourth-order valence-electron chi connectivity index (χ4n) is 2.72. The standard InChI is InChI=1S/C14H17ClN2O3/c15-9-5-12-13(20-7-19-12)6-11(9)17-14(18)8-3-1-2-4-10(8)16/h5-6,8,10H,1-4,7,16H2,(H,17,18). The third-order valence-corrected chi connectivity index (χ3v) is 4.19. The number of hydrogen-bond donors (Lipinski definition) is 2. The number of fused-ring (bicyclic) bond motifs is 1. The van der Waals surface area contributed by atoms with E-state index in [4.69, 9.17) is 26.8 Å². The molecule has 1 amide bonds. The van der Waals surface area contributed by atoms with Crippen molar-refractivity contribution in [2.75, 3.05) is 12.1 Å². The number of carbonyl (C=O) groups excluding carboxylic acids is 1. The first kappa shape index (κ1) is 13.5. The number of rotatable bonds is 2. The molecule has 1 aliphatic carbocycles. The van der Waals surface area contributed by atoms with Crippen molar-refractivity contribution < 1.29 is 14.3 Å². The van der Waals surface area contributed by atoms with Gasteiger partial charge in [0.15, 0.2) is 11.5 Å². The van der Waals surface area contributed by atoms with Crippen LogP contribution in [0.1, 0.15) is 25.7 Å². The minimum atomic E-state index is -0.148. The van der Waals surface area contributed by atoms with Crippen LogP contribution in [0.5, 0.6) is 11.5 Å². The highest BCUT2D eigenvalue weighted by atomic mass is 35.5. The maximum atomic E-state index is 12.3. The predicted octanol–water partition coefficient (Wildman–Crippen LogP) is 2.52. The molecule has 0 saturated heterocycles. The zero-order chi connectivity index (χ0) is 14.1. The van der Waals surface area contributed by atoms with Gasteiger partial charge in [0.2, 0.25) is 12.7 Å². The van der Waals surface area contributed by atoms with Crippen molar-refractivity contribution in [1.29, 1.82) is 0 Å². The summed E-state index contributed by atoms with van der Waals surface area (Å²) in [6.45, 7) is 0.177. The minimum Gasteiger partial charge on any atom is -0.454 e. The van der Waals surface area contributed by atoms with E-state index in [2.05, 4.69) is 5.32 Å². The van der Waals surface area contributed by atoms with Gasteiger partial charge < -0.3 is 20.5 Å². The van der Waals surface area contributed by atoms with Crippen molar-refractivity contribution in [3.63, 3.8) is 0 Å². The van der Waals surface area contributed by atoms with E-state index < -0.39 is 0 Å². The van der Waals surface area contributed by atoms with Gasteiger partial charge in [-0.15, -0.1) is 0 Å². The van der Waals surface area contributed by atoms with Crippen LogP contribution in [-0.2, 0) is 4.79 Å². The largest absolute Gasteiger partial charge is 0.454 e. The Balaban J connectivity index is 1.75. The van der Waals surface area contributed by atoms with Gasteiger partial charge in [0.25, 0.3) is 0 Å². The molecule has 3 rings (SSSR count). The van der Waals surface area contributed by atoms with Gasteiger partial charge in [-0.25, -0.2) is 0 Å². The zero-order valence-electron chi connectivity index (χ0n) is 11.0. The first-order valence-electron chi connectivity index (χ1n) is 6.81. The number of ether oxygens (including phenoxy) is 2. The molecule has 0 radical (unpaired) electrons. The summed E-state index contributed by atoms with van der Waals surface area (Å²) in [5.74, 6) is 0.975. The van der Waals surface area contributed by atoms with Crippen LogP contribution in [0.15, 0.2) is 12.1 Å². The summed E-state index contributed by atoms with van der Waals surface area (Å²) < 4.78 is 10.5. The third-order valence-electron chi connectivity index (χ3n) is 3.88. The third kappa shape index (κ3) is 2.55. The molecule has 1 aromatic rings. The van der Waals surface area contributed by atoms with Crippen LogP contribution < -0.4 is 20.5 Å². The first-order valence-corrected chi connectivity index (χ1v) is 7.18. The van der Waals surface area contributed by atoms with Crippen molar-refractivity contribution in [3.05, 3.63) is 17.2 Å². The maximum absolute atomic E-state index is 12.3. The topological polar surface area (TPSA) is 73.6 Å². The van der Waals surface area contributed by atoms with Crippen LogP contribution in [0.3, 0.4) is 0 Å². The Morgan fingerprint density at radius 2 is 1.95 bits per heavy atom. The molecule has 0 aromatic heterocycles. The summed E-state index contributed by atoms with van der Waals surface area (Å²) >= 11 is 6.15. The molecular formula is C14H17ClN2O3. The molecule has 2 unspecified atom stereocenters. The molecule has 6 heteroatoms. The second kappa shape index (κ2) is 5.50. The van der Waals surface area contributed by atoms with E-state index >= 15 is 0 Å². The van der Waals surface area contributed by atoms with Crippen molar-refractivity contribution in [3.8, 4) is 11.5 Å². The Hall–Kier alpha value is -1.46. The summed E-state index contributed by atoms with van der Waals surface area (Å²) in [6.07, 6.45) is 3.86. The molecule has 1 aliphatic heterocycles. The predicted molar refractivity (Wildman–Crippen MR) is 76.1 cm³/mol. The average Bonchev–Trinajstić information content (AvgIpc) is 2.86. The minimum absolute atomic E-state index is 0.0713. The normalized spacial score (nSPS) is 24.5. The van der Waals surface area contributed by atoms with E-state index in [-0.39, 0.29) is 24.7 Å². The quantitative estimate of drug-likeness (QED) is 0.879. The maximum Gasteiger partial charge on any atom is 0.231 e. The number of amides is 1.